The van der Waals surface area contributed by atoms with Gasteiger partial charge in [-0.1, -0.05) is 17.7 Å². The molecule has 3 nitrogen and oxygen atoms in total. The molecule has 1 aromatic carbocycles. The van der Waals surface area contributed by atoms with E-state index in [2.05, 4.69) is 4.90 Å². The van der Waals surface area contributed by atoms with Gasteiger partial charge in [0.2, 0.25) is 0 Å². The van der Waals surface area contributed by atoms with Crippen LogP contribution in [0.5, 0.6) is 5.75 Å². The molecule has 1 saturated heterocycles. The summed E-state index contributed by atoms with van der Waals surface area (Å²) in [4.78, 5) is 2.38. The molecule has 0 bridgehead atoms. The first-order valence-corrected chi connectivity index (χ1v) is 5.96. The Morgan fingerprint density at radius 2 is 2.31 bits per heavy atom. The van der Waals surface area contributed by atoms with Crippen LogP contribution in [0.2, 0.25) is 5.02 Å². The molecule has 1 aromatic rings. The Morgan fingerprint density at radius 1 is 1.50 bits per heavy atom. The van der Waals surface area contributed by atoms with Gasteiger partial charge in [0, 0.05) is 13.1 Å². The second kappa shape index (κ2) is 5.04. The fourth-order valence-electron chi connectivity index (χ4n) is 2.16. The lowest BCUT2D eigenvalue weighted by Crippen LogP contribution is -2.22. The lowest BCUT2D eigenvalue weighted by atomic mass is 10.1. The molecule has 88 valence electrons. The van der Waals surface area contributed by atoms with E-state index in [1.807, 2.05) is 12.1 Å². The Morgan fingerprint density at radius 3 is 2.94 bits per heavy atom. The van der Waals surface area contributed by atoms with Gasteiger partial charge in [-0.3, -0.25) is 4.90 Å². The number of hydrogen-bond donors (Lipinski definition) is 2. The predicted octanol–water partition coefficient (Wildman–Crippen LogP) is 1.83. The van der Waals surface area contributed by atoms with E-state index in [1.165, 1.54) is 6.42 Å². The maximum absolute atomic E-state index is 9.32. The number of halogens is 1. The van der Waals surface area contributed by atoms with Crippen LogP contribution in [-0.2, 0) is 6.54 Å². The van der Waals surface area contributed by atoms with Gasteiger partial charge in [-0.25, -0.2) is 0 Å². The normalized spacial score (nSPS) is 21.5. The van der Waals surface area contributed by atoms with Gasteiger partial charge in [0.15, 0.2) is 0 Å². The second-order valence-corrected chi connectivity index (χ2v) is 4.82. The van der Waals surface area contributed by atoms with Crippen LogP contribution in [-0.4, -0.2) is 29.6 Å². The number of likely N-dealkylation sites (tertiary alicyclic amines) is 1. The Kier molecular flexibility index (Phi) is 3.69. The number of nitrogens with zero attached hydrogens (tertiary/aromatic N) is 1. The third-order valence-electron chi connectivity index (χ3n) is 3.12. The summed E-state index contributed by atoms with van der Waals surface area (Å²) in [7, 11) is 0. The number of hydrogen-bond acceptors (Lipinski definition) is 3. The molecule has 4 heteroatoms. The average Bonchev–Trinajstić information content (AvgIpc) is 2.71. The lowest BCUT2D eigenvalue weighted by Gasteiger charge is -2.15. The summed E-state index contributed by atoms with van der Waals surface area (Å²) in [6, 6.07) is 5.39. The van der Waals surface area contributed by atoms with Gasteiger partial charge in [0.1, 0.15) is 5.75 Å². The van der Waals surface area contributed by atoms with E-state index in [0.29, 0.717) is 10.9 Å². The first-order valence-electron chi connectivity index (χ1n) is 5.59. The summed E-state index contributed by atoms with van der Waals surface area (Å²) >= 11 is 5.87. The van der Waals surface area contributed by atoms with Gasteiger partial charge in [-0.15, -0.1) is 0 Å². The number of rotatable bonds is 3. The summed E-state index contributed by atoms with van der Waals surface area (Å²) in [6.45, 7) is 3.82. The Bertz CT molecular complexity index is 370. The highest BCUT2D eigenvalue weighted by Crippen LogP contribution is 2.25. The first-order chi connectivity index (χ1) is 7.69. The van der Waals surface area contributed by atoms with Crippen LogP contribution >= 0.6 is 11.6 Å². The molecule has 1 heterocycles. The zero-order valence-corrected chi connectivity index (χ0v) is 9.95. The van der Waals surface area contributed by atoms with E-state index in [9.17, 15) is 5.11 Å². The van der Waals surface area contributed by atoms with Gasteiger partial charge in [0.25, 0.3) is 0 Å². The molecular weight excluding hydrogens is 224 g/mol. The average molecular weight is 241 g/mol. The molecule has 16 heavy (non-hydrogen) atoms. The molecular formula is C12H17ClN2O. The van der Waals surface area contributed by atoms with Crippen molar-refractivity contribution in [3.05, 3.63) is 28.8 Å². The highest BCUT2D eigenvalue weighted by molar-refractivity contribution is 6.32. The Balaban J connectivity index is 1.97. The minimum Gasteiger partial charge on any atom is -0.506 e. The smallest absolute Gasteiger partial charge is 0.134 e. The van der Waals surface area contributed by atoms with Crippen LogP contribution in [0.15, 0.2) is 18.2 Å². The van der Waals surface area contributed by atoms with Crippen LogP contribution in [0.25, 0.3) is 0 Å². The highest BCUT2D eigenvalue weighted by atomic mass is 35.5. The molecule has 1 fully saturated rings. The van der Waals surface area contributed by atoms with E-state index >= 15 is 0 Å². The zero-order valence-electron chi connectivity index (χ0n) is 9.19. The van der Waals surface area contributed by atoms with Crippen LogP contribution < -0.4 is 5.73 Å². The van der Waals surface area contributed by atoms with E-state index in [4.69, 9.17) is 17.3 Å². The van der Waals surface area contributed by atoms with Crippen molar-refractivity contribution >= 4 is 11.6 Å². The minimum absolute atomic E-state index is 0.145. The summed E-state index contributed by atoms with van der Waals surface area (Å²) in [5, 5.41) is 9.75. The predicted molar refractivity (Wildman–Crippen MR) is 65.6 cm³/mol. The fraction of sp³-hybridized carbons (Fsp3) is 0.500. The van der Waals surface area contributed by atoms with Gasteiger partial charge in [0.05, 0.1) is 5.02 Å². The molecule has 1 atom stereocenters. The number of phenols is 1. The van der Waals surface area contributed by atoms with Crippen molar-refractivity contribution in [3.8, 4) is 5.75 Å². The fourth-order valence-corrected chi connectivity index (χ4v) is 2.36. The minimum atomic E-state index is 0.145. The van der Waals surface area contributed by atoms with Crippen LogP contribution in [0.1, 0.15) is 12.0 Å². The third kappa shape index (κ3) is 2.67. The number of nitrogens with two attached hydrogens (primary N) is 1. The van der Waals surface area contributed by atoms with E-state index < -0.39 is 0 Å². The quantitative estimate of drug-likeness (QED) is 0.848. The number of phenolic OH excluding ortho intramolecular Hbond substituents is 1. The molecule has 0 aromatic heterocycles. The van der Waals surface area contributed by atoms with Crippen LogP contribution in [0.3, 0.4) is 0 Å². The molecule has 1 aliphatic rings. The zero-order chi connectivity index (χ0) is 11.5. The highest BCUT2D eigenvalue weighted by Gasteiger charge is 2.21. The van der Waals surface area contributed by atoms with E-state index in [1.54, 1.807) is 6.07 Å². The molecule has 0 radical (unpaired) electrons. The van der Waals surface area contributed by atoms with Crippen molar-refractivity contribution in [1.82, 2.24) is 4.90 Å². The first kappa shape index (κ1) is 11.7. The largest absolute Gasteiger partial charge is 0.506 e. The summed E-state index contributed by atoms with van der Waals surface area (Å²) in [5.74, 6) is 0.777. The van der Waals surface area contributed by atoms with Crippen molar-refractivity contribution < 1.29 is 5.11 Å². The maximum Gasteiger partial charge on any atom is 0.134 e. The van der Waals surface area contributed by atoms with Crippen molar-refractivity contribution in [3.63, 3.8) is 0 Å². The molecule has 1 unspecified atom stereocenters. The van der Waals surface area contributed by atoms with Gasteiger partial charge < -0.3 is 10.8 Å². The topological polar surface area (TPSA) is 49.5 Å². The van der Waals surface area contributed by atoms with Crippen molar-refractivity contribution in [2.45, 2.75) is 13.0 Å². The van der Waals surface area contributed by atoms with E-state index in [0.717, 1.165) is 31.7 Å². The second-order valence-electron chi connectivity index (χ2n) is 4.41. The Labute approximate surface area is 101 Å². The van der Waals surface area contributed by atoms with Gasteiger partial charge in [-0.05, 0) is 43.1 Å². The SMILES string of the molecule is NCC1CCN(Cc2ccc(O)c(Cl)c2)C1. The number of benzene rings is 1. The van der Waals surface area contributed by atoms with Crippen LogP contribution in [0.4, 0.5) is 0 Å². The molecule has 3 N–H and O–H groups in total. The lowest BCUT2D eigenvalue weighted by molar-refractivity contribution is 0.318. The molecule has 2 rings (SSSR count). The molecule has 0 saturated carbocycles. The number of aromatic hydroxyl groups is 1. The molecule has 0 spiro atoms. The van der Waals surface area contributed by atoms with Crippen molar-refractivity contribution in [2.75, 3.05) is 19.6 Å². The van der Waals surface area contributed by atoms with Gasteiger partial charge >= 0.3 is 0 Å². The molecule has 1 aliphatic heterocycles. The van der Waals surface area contributed by atoms with Crippen molar-refractivity contribution in [2.24, 2.45) is 11.7 Å². The van der Waals surface area contributed by atoms with Crippen LogP contribution in [0, 0.1) is 5.92 Å². The van der Waals surface area contributed by atoms with Gasteiger partial charge in [-0.2, -0.15) is 0 Å². The monoisotopic (exact) mass is 240 g/mol. The summed E-state index contributed by atoms with van der Waals surface area (Å²) in [5.41, 5.74) is 6.79. The third-order valence-corrected chi connectivity index (χ3v) is 3.42. The molecule has 0 amide bonds. The Hall–Kier alpha value is -0.770. The summed E-state index contributed by atoms with van der Waals surface area (Å²) < 4.78 is 0. The summed E-state index contributed by atoms with van der Waals surface area (Å²) in [6.07, 6.45) is 1.18. The van der Waals surface area contributed by atoms with Crippen molar-refractivity contribution in [1.29, 1.82) is 0 Å². The van der Waals surface area contributed by atoms with E-state index in [-0.39, 0.29) is 5.75 Å². The maximum atomic E-state index is 9.32. The standard InChI is InChI=1S/C12H17ClN2O/c13-11-5-9(1-2-12(11)16)7-15-4-3-10(6-14)8-15/h1-2,5,10,16H,3-4,6-8,14H2. The molecule has 0 aliphatic carbocycles.